The number of hydrogen-bond donors (Lipinski definition) is 1. The van der Waals surface area contributed by atoms with Crippen molar-refractivity contribution in [3.63, 3.8) is 0 Å². The van der Waals surface area contributed by atoms with Gasteiger partial charge in [-0.15, -0.1) is 22.7 Å². The molecule has 0 spiro atoms. The van der Waals surface area contributed by atoms with Gasteiger partial charge in [-0.1, -0.05) is 0 Å². The number of carbonyl (C=O) groups excluding carboxylic acids is 1. The van der Waals surface area contributed by atoms with E-state index in [9.17, 15) is 18.0 Å². The van der Waals surface area contributed by atoms with Crippen molar-refractivity contribution in [2.75, 3.05) is 12.8 Å². The van der Waals surface area contributed by atoms with E-state index in [0.717, 1.165) is 42.5 Å². The average molecular weight is 468 g/mol. The Morgan fingerprint density at radius 1 is 1.27 bits per heavy atom. The van der Waals surface area contributed by atoms with Crippen LogP contribution in [0.25, 0.3) is 4.96 Å². The van der Waals surface area contributed by atoms with E-state index in [-0.39, 0.29) is 18.7 Å². The van der Waals surface area contributed by atoms with Gasteiger partial charge in [0.05, 0.1) is 11.9 Å². The van der Waals surface area contributed by atoms with Crippen LogP contribution in [0.1, 0.15) is 43.7 Å². The van der Waals surface area contributed by atoms with Crippen LogP contribution in [0.5, 0.6) is 0 Å². The number of nitrogens with one attached hydrogen (secondary N) is 1. The molecule has 0 fully saturated rings. The molecule has 1 aliphatic rings. The van der Waals surface area contributed by atoms with Gasteiger partial charge < -0.3 is 4.74 Å². The van der Waals surface area contributed by atoms with Gasteiger partial charge in [0.1, 0.15) is 11.5 Å². The summed E-state index contributed by atoms with van der Waals surface area (Å²) in [5, 5.41) is 0. The fourth-order valence-corrected chi connectivity index (χ4v) is 6.01. The molecule has 0 bridgehead atoms. The average Bonchev–Trinajstić information content (AvgIpc) is 3.29. The van der Waals surface area contributed by atoms with Crippen molar-refractivity contribution < 1.29 is 17.9 Å². The van der Waals surface area contributed by atoms with Gasteiger partial charge in [0.15, 0.2) is 4.96 Å². The summed E-state index contributed by atoms with van der Waals surface area (Å²) >= 11 is 2.79. The van der Waals surface area contributed by atoms with E-state index in [1.165, 1.54) is 33.6 Å². The van der Waals surface area contributed by atoms with Crippen LogP contribution in [0.2, 0.25) is 0 Å². The number of thiazole rings is 1. The second-order valence-electron chi connectivity index (χ2n) is 7.14. The first-order valence-corrected chi connectivity index (χ1v) is 13.1. The highest BCUT2D eigenvalue weighted by Crippen LogP contribution is 2.28. The van der Waals surface area contributed by atoms with E-state index in [2.05, 4.69) is 9.71 Å². The molecule has 30 heavy (non-hydrogen) atoms. The maximum Gasteiger partial charge on any atom is 0.348 e. The lowest BCUT2D eigenvalue weighted by Crippen LogP contribution is -2.23. The predicted octanol–water partition coefficient (Wildman–Crippen LogP) is 2.14. The zero-order chi connectivity index (χ0) is 21.3. The summed E-state index contributed by atoms with van der Waals surface area (Å²) < 4.78 is 31.7. The largest absolute Gasteiger partial charge is 0.455 e. The summed E-state index contributed by atoms with van der Waals surface area (Å²) in [6.07, 6.45) is 5.68. The van der Waals surface area contributed by atoms with Crippen molar-refractivity contribution in [1.29, 1.82) is 0 Å². The summed E-state index contributed by atoms with van der Waals surface area (Å²) in [4.78, 5) is 32.6. The van der Waals surface area contributed by atoms with Gasteiger partial charge in [-0.3, -0.25) is 9.20 Å². The zero-order valence-electron chi connectivity index (χ0n) is 16.3. The molecular formula is C19H21N3O5S3. The van der Waals surface area contributed by atoms with Crippen LogP contribution in [0, 0.1) is 0 Å². The lowest BCUT2D eigenvalue weighted by molar-refractivity contribution is 0.0473. The quantitative estimate of drug-likeness (QED) is 0.534. The number of fused-ring (bicyclic) bond motifs is 3. The number of thiophene rings is 1. The summed E-state index contributed by atoms with van der Waals surface area (Å²) in [6.45, 7) is 0.197. The van der Waals surface area contributed by atoms with Crippen LogP contribution < -0.4 is 10.3 Å². The molecule has 3 heterocycles. The minimum Gasteiger partial charge on any atom is -0.455 e. The molecule has 160 valence electrons. The van der Waals surface area contributed by atoms with Crippen LogP contribution in [0.4, 0.5) is 0 Å². The van der Waals surface area contributed by atoms with Gasteiger partial charge >= 0.3 is 5.97 Å². The maximum absolute atomic E-state index is 12.6. The van der Waals surface area contributed by atoms with Crippen LogP contribution in [-0.4, -0.2) is 36.6 Å². The normalized spacial score (nSPS) is 14.0. The Labute approximate surface area is 181 Å². The summed E-state index contributed by atoms with van der Waals surface area (Å²) in [5.41, 5.74) is 1.36. The lowest BCUT2D eigenvalue weighted by atomic mass is 10.0. The fourth-order valence-electron chi connectivity index (χ4n) is 3.41. The maximum atomic E-state index is 12.6. The predicted molar refractivity (Wildman–Crippen MR) is 116 cm³/mol. The number of rotatable bonds is 7. The van der Waals surface area contributed by atoms with E-state index in [4.69, 9.17) is 4.74 Å². The molecule has 0 aromatic carbocycles. The van der Waals surface area contributed by atoms with E-state index < -0.39 is 16.0 Å². The lowest BCUT2D eigenvalue weighted by Gasteiger charge is -2.10. The topological polar surface area (TPSA) is 107 Å². The molecule has 0 saturated carbocycles. The zero-order valence-corrected chi connectivity index (χ0v) is 18.8. The number of aryl methyl sites for hydroxylation is 2. The third-order valence-electron chi connectivity index (χ3n) is 4.76. The number of sulfonamides is 1. The molecule has 0 radical (unpaired) electrons. The van der Waals surface area contributed by atoms with Crippen molar-refractivity contribution in [3.8, 4) is 0 Å². The van der Waals surface area contributed by atoms with Crippen molar-refractivity contribution in [3.05, 3.63) is 54.6 Å². The Kier molecular flexibility index (Phi) is 6.05. The molecule has 0 saturated heterocycles. The first-order valence-electron chi connectivity index (χ1n) is 9.54. The number of aromatic nitrogens is 2. The van der Waals surface area contributed by atoms with Gasteiger partial charge in [-0.05, 0) is 44.2 Å². The van der Waals surface area contributed by atoms with Gasteiger partial charge in [-0.25, -0.2) is 22.9 Å². The van der Waals surface area contributed by atoms with Crippen molar-refractivity contribution >= 4 is 43.6 Å². The highest BCUT2D eigenvalue weighted by molar-refractivity contribution is 7.88. The molecule has 3 aromatic rings. The highest BCUT2D eigenvalue weighted by atomic mass is 32.2. The number of carbonyl (C=O) groups is 1. The highest BCUT2D eigenvalue weighted by Gasteiger charge is 2.19. The van der Waals surface area contributed by atoms with Gasteiger partial charge in [-0.2, -0.15) is 0 Å². The van der Waals surface area contributed by atoms with E-state index in [1.807, 2.05) is 0 Å². The molecule has 8 nitrogen and oxygen atoms in total. The fraction of sp³-hybridized carbons (Fsp3) is 0.421. The molecule has 0 unspecified atom stereocenters. The Bertz CT molecular complexity index is 1260. The molecule has 3 aromatic heterocycles. The third-order valence-corrected chi connectivity index (χ3v) is 7.76. The molecule has 1 N–H and O–H groups in total. The number of esters is 1. The molecule has 0 atom stereocenters. The molecule has 0 aliphatic heterocycles. The summed E-state index contributed by atoms with van der Waals surface area (Å²) in [7, 11) is -3.23. The van der Waals surface area contributed by atoms with Gasteiger partial charge in [0.25, 0.3) is 5.56 Å². The van der Waals surface area contributed by atoms with E-state index in [0.29, 0.717) is 22.0 Å². The van der Waals surface area contributed by atoms with Crippen molar-refractivity contribution in [2.24, 2.45) is 0 Å². The second-order valence-corrected chi connectivity index (χ2v) is 11.2. The molecule has 0 amide bonds. The van der Waals surface area contributed by atoms with Crippen LogP contribution in [0.3, 0.4) is 0 Å². The Hall–Kier alpha value is -2.08. The second kappa shape index (κ2) is 8.58. The third kappa shape index (κ3) is 4.80. The molecule has 4 rings (SSSR count). The van der Waals surface area contributed by atoms with Crippen LogP contribution >= 0.6 is 22.7 Å². The van der Waals surface area contributed by atoms with Crippen LogP contribution in [0.15, 0.2) is 23.0 Å². The first kappa shape index (κ1) is 21.2. The Morgan fingerprint density at radius 3 is 2.87 bits per heavy atom. The number of hydrogen-bond acceptors (Lipinski definition) is 8. The van der Waals surface area contributed by atoms with Gasteiger partial charge in [0.2, 0.25) is 10.0 Å². The smallest absolute Gasteiger partial charge is 0.348 e. The molecule has 1 aliphatic carbocycles. The van der Waals surface area contributed by atoms with Crippen molar-refractivity contribution in [2.45, 2.75) is 38.7 Å². The van der Waals surface area contributed by atoms with Crippen LogP contribution in [-0.2, 0) is 40.6 Å². The standard InChI is InChI=1S/C19H21N3O5S3/c1-30(25,26)20-9-8-13-6-7-16(28-13)18(24)27-11-12-10-17(23)22-14-4-2-3-5-15(14)29-19(22)21-12/h6-7,10,20H,2-5,8-9,11H2,1H3. The number of ether oxygens (including phenoxy) is 1. The monoisotopic (exact) mass is 467 g/mol. The van der Waals surface area contributed by atoms with E-state index >= 15 is 0 Å². The number of nitrogens with zero attached hydrogens (tertiary/aromatic N) is 2. The summed E-state index contributed by atoms with van der Waals surface area (Å²) in [6, 6.07) is 4.86. The first-order chi connectivity index (χ1) is 14.3. The molecule has 11 heteroatoms. The minimum atomic E-state index is -3.23. The van der Waals surface area contributed by atoms with Crippen molar-refractivity contribution in [1.82, 2.24) is 14.1 Å². The van der Waals surface area contributed by atoms with E-state index in [1.54, 1.807) is 16.5 Å². The Balaban J connectivity index is 1.40. The SMILES string of the molecule is CS(=O)(=O)NCCc1ccc(C(=O)OCc2cc(=O)n3c4c(sc3n2)CCCC4)s1. The minimum absolute atomic E-state index is 0.0734. The molecular weight excluding hydrogens is 446 g/mol. The summed E-state index contributed by atoms with van der Waals surface area (Å²) in [5.74, 6) is -0.491. The Morgan fingerprint density at radius 2 is 2.07 bits per heavy atom. The van der Waals surface area contributed by atoms with Gasteiger partial charge in [0, 0.05) is 28.1 Å².